The number of carbonyl (C=O) groups excluding carboxylic acids is 3. The third-order valence-electron chi connectivity index (χ3n) is 2.63. The highest BCUT2D eigenvalue weighted by atomic mass is 16.6. The molecule has 0 aliphatic rings. The molecule has 122 valence electrons. The number of hydrogen-bond donors (Lipinski definition) is 0. The van der Waals surface area contributed by atoms with Gasteiger partial charge in [-0.1, -0.05) is 0 Å². The molecule has 1 amide bonds. The number of carbonyl (C=O) groups is 3. The maximum absolute atomic E-state index is 12.2. The third-order valence-corrected chi connectivity index (χ3v) is 2.63. The predicted octanol–water partition coefficient (Wildman–Crippen LogP) is 1.74. The first-order valence-corrected chi connectivity index (χ1v) is 6.74. The Morgan fingerprint density at radius 1 is 1.05 bits per heavy atom. The highest BCUT2D eigenvalue weighted by molar-refractivity contribution is 5.74. The summed E-state index contributed by atoms with van der Waals surface area (Å²) < 4.78 is 14.4. The fraction of sp³-hybridized carbons (Fsp3) is 0.786. The number of ether oxygens (including phenoxy) is 3. The number of esters is 2. The fourth-order valence-electron chi connectivity index (χ4n) is 1.56. The molecular weight excluding hydrogens is 278 g/mol. The van der Waals surface area contributed by atoms with E-state index in [0.29, 0.717) is 0 Å². The van der Waals surface area contributed by atoms with Crippen LogP contribution in [-0.4, -0.2) is 55.3 Å². The minimum atomic E-state index is -0.661. The van der Waals surface area contributed by atoms with E-state index < -0.39 is 29.7 Å². The van der Waals surface area contributed by atoms with Gasteiger partial charge in [-0.25, -0.2) is 4.79 Å². The summed E-state index contributed by atoms with van der Waals surface area (Å²) in [6.45, 7) is 7.04. The van der Waals surface area contributed by atoms with Gasteiger partial charge in [0.1, 0.15) is 5.60 Å². The molecule has 0 saturated heterocycles. The average Bonchev–Trinajstić information content (AvgIpc) is 2.36. The molecule has 0 rings (SSSR count). The first kappa shape index (κ1) is 19.2. The zero-order valence-electron chi connectivity index (χ0n) is 13.6. The van der Waals surface area contributed by atoms with Gasteiger partial charge in [0.15, 0.2) is 0 Å². The van der Waals surface area contributed by atoms with Crippen molar-refractivity contribution in [1.29, 1.82) is 0 Å². The van der Waals surface area contributed by atoms with Gasteiger partial charge >= 0.3 is 18.0 Å². The summed E-state index contributed by atoms with van der Waals surface area (Å²) in [4.78, 5) is 36.1. The quantitative estimate of drug-likeness (QED) is 0.549. The Labute approximate surface area is 125 Å². The molecule has 0 N–H and O–H groups in total. The lowest BCUT2D eigenvalue weighted by Crippen LogP contribution is -2.44. The average molecular weight is 303 g/mol. The zero-order valence-corrected chi connectivity index (χ0v) is 13.6. The van der Waals surface area contributed by atoms with Gasteiger partial charge in [-0.05, 0) is 27.7 Å². The second-order valence-corrected chi connectivity index (χ2v) is 5.63. The van der Waals surface area contributed by atoms with Gasteiger partial charge in [-0.3, -0.25) is 9.59 Å². The monoisotopic (exact) mass is 303 g/mol. The van der Waals surface area contributed by atoms with E-state index in [1.165, 1.54) is 19.1 Å². The third kappa shape index (κ3) is 8.16. The Hall–Kier alpha value is -1.79. The van der Waals surface area contributed by atoms with Crippen LogP contribution in [0, 0.1) is 0 Å². The molecule has 0 aromatic heterocycles. The van der Waals surface area contributed by atoms with E-state index in [2.05, 4.69) is 9.47 Å². The number of hydrogen-bond acceptors (Lipinski definition) is 6. The van der Waals surface area contributed by atoms with Crippen molar-refractivity contribution < 1.29 is 28.6 Å². The van der Waals surface area contributed by atoms with Crippen LogP contribution < -0.4 is 0 Å². The van der Waals surface area contributed by atoms with E-state index in [9.17, 15) is 14.4 Å². The Bertz CT molecular complexity index is 374. The summed E-state index contributed by atoms with van der Waals surface area (Å²) in [5.41, 5.74) is -0.661. The molecule has 0 heterocycles. The minimum Gasteiger partial charge on any atom is -0.469 e. The molecule has 0 saturated carbocycles. The van der Waals surface area contributed by atoms with E-state index in [1.54, 1.807) is 27.7 Å². The summed E-state index contributed by atoms with van der Waals surface area (Å²) in [6.07, 6.45) is -0.527. The minimum absolute atomic E-state index is 0.0247. The van der Waals surface area contributed by atoms with Crippen molar-refractivity contribution in [2.75, 3.05) is 20.8 Å². The molecule has 1 atom stereocenters. The molecule has 0 spiro atoms. The van der Waals surface area contributed by atoms with Crippen LogP contribution in [0.3, 0.4) is 0 Å². The Morgan fingerprint density at radius 2 is 1.57 bits per heavy atom. The van der Waals surface area contributed by atoms with Crippen LogP contribution in [0.5, 0.6) is 0 Å². The summed E-state index contributed by atoms with van der Waals surface area (Å²) in [6, 6.07) is -0.447. The van der Waals surface area contributed by atoms with Gasteiger partial charge < -0.3 is 19.1 Å². The van der Waals surface area contributed by atoms with Crippen LogP contribution in [0.15, 0.2) is 0 Å². The van der Waals surface area contributed by atoms with Gasteiger partial charge in [0, 0.05) is 12.6 Å². The largest absolute Gasteiger partial charge is 0.469 e. The molecule has 7 heteroatoms. The van der Waals surface area contributed by atoms with Crippen LogP contribution in [0.2, 0.25) is 0 Å². The van der Waals surface area contributed by atoms with E-state index in [-0.39, 0.29) is 19.4 Å². The Morgan fingerprint density at radius 3 is 2.00 bits per heavy atom. The van der Waals surface area contributed by atoms with Gasteiger partial charge in [0.05, 0.1) is 27.1 Å². The first-order chi connectivity index (χ1) is 9.60. The molecule has 0 radical (unpaired) electrons. The van der Waals surface area contributed by atoms with Gasteiger partial charge in [0.2, 0.25) is 0 Å². The highest BCUT2D eigenvalue weighted by Crippen LogP contribution is 2.14. The van der Waals surface area contributed by atoms with Crippen LogP contribution >= 0.6 is 0 Å². The second kappa shape index (κ2) is 8.49. The predicted molar refractivity (Wildman–Crippen MR) is 75.7 cm³/mol. The summed E-state index contributed by atoms with van der Waals surface area (Å²) in [5, 5.41) is 0. The first-order valence-electron chi connectivity index (χ1n) is 6.74. The van der Waals surface area contributed by atoms with Gasteiger partial charge in [-0.15, -0.1) is 0 Å². The molecule has 0 aromatic rings. The van der Waals surface area contributed by atoms with Crippen molar-refractivity contribution in [3.8, 4) is 0 Å². The van der Waals surface area contributed by atoms with Crippen LogP contribution in [-0.2, 0) is 23.8 Å². The molecule has 0 bridgehead atoms. The normalized spacial score (nSPS) is 12.3. The van der Waals surface area contributed by atoms with Crippen molar-refractivity contribution in [2.45, 2.75) is 52.2 Å². The van der Waals surface area contributed by atoms with Crippen molar-refractivity contribution in [1.82, 2.24) is 4.90 Å². The molecule has 7 nitrogen and oxygen atoms in total. The van der Waals surface area contributed by atoms with Crippen molar-refractivity contribution >= 4 is 18.0 Å². The maximum Gasteiger partial charge on any atom is 0.410 e. The van der Waals surface area contributed by atoms with Gasteiger partial charge in [0.25, 0.3) is 0 Å². The van der Waals surface area contributed by atoms with Crippen molar-refractivity contribution in [3.63, 3.8) is 0 Å². The van der Waals surface area contributed by atoms with Gasteiger partial charge in [-0.2, -0.15) is 0 Å². The number of amides is 1. The van der Waals surface area contributed by atoms with Crippen LogP contribution in [0.1, 0.15) is 40.5 Å². The molecule has 21 heavy (non-hydrogen) atoms. The maximum atomic E-state index is 12.2. The zero-order chi connectivity index (χ0) is 16.6. The lowest BCUT2D eigenvalue weighted by molar-refractivity contribution is -0.141. The van der Waals surface area contributed by atoms with E-state index in [1.807, 2.05) is 0 Å². The molecular formula is C14H25NO6. The topological polar surface area (TPSA) is 82.1 Å². The molecule has 0 unspecified atom stereocenters. The van der Waals surface area contributed by atoms with Crippen molar-refractivity contribution in [2.24, 2.45) is 0 Å². The SMILES string of the molecule is COC(=O)CCN(C(=O)OC(C)(C)C)[C@H](C)CC(=O)OC. The standard InChI is InChI=1S/C14H25NO6/c1-10(9-12(17)20-6)15(8-7-11(16)19-5)13(18)21-14(2,3)4/h10H,7-9H2,1-6H3/t10-/m1/s1. The Kier molecular flexibility index (Phi) is 7.76. The number of nitrogens with zero attached hydrogens (tertiary/aromatic N) is 1. The van der Waals surface area contributed by atoms with E-state index >= 15 is 0 Å². The van der Waals surface area contributed by atoms with E-state index in [4.69, 9.17) is 4.74 Å². The summed E-state index contributed by atoms with van der Waals surface area (Å²) in [5.74, 6) is -0.872. The summed E-state index contributed by atoms with van der Waals surface area (Å²) in [7, 11) is 2.55. The molecule has 0 fully saturated rings. The summed E-state index contributed by atoms with van der Waals surface area (Å²) >= 11 is 0. The molecule has 0 aliphatic carbocycles. The molecule has 0 aliphatic heterocycles. The smallest absolute Gasteiger partial charge is 0.410 e. The van der Waals surface area contributed by atoms with Crippen LogP contribution in [0.4, 0.5) is 4.79 Å². The van der Waals surface area contributed by atoms with Crippen molar-refractivity contribution in [3.05, 3.63) is 0 Å². The fourth-order valence-corrected chi connectivity index (χ4v) is 1.56. The lowest BCUT2D eigenvalue weighted by Gasteiger charge is -2.31. The number of rotatable bonds is 6. The van der Waals surface area contributed by atoms with Crippen LogP contribution in [0.25, 0.3) is 0 Å². The lowest BCUT2D eigenvalue weighted by atomic mass is 10.2. The second-order valence-electron chi connectivity index (χ2n) is 5.63. The Balaban J connectivity index is 4.86. The molecule has 0 aromatic carbocycles. The highest BCUT2D eigenvalue weighted by Gasteiger charge is 2.28. The van der Waals surface area contributed by atoms with E-state index in [0.717, 1.165) is 0 Å². The number of methoxy groups -OCH3 is 2.